The monoisotopic (exact) mass is 362 g/mol. The van der Waals surface area contributed by atoms with Gasteiger partial charge in [-0.3, -0.25) is 0 Å². The molecule has 0 amide bonds. The first-order valence-corrected chi connectivity index (χ1v) is 7.69. The standard InChI is InChI=1S/C16H12Cl2N4O2/c17-11-7-6-10(13(18)8-11)9-24-16(23)14-15(19)21-22(20-14)12-4-2-1-3-5-12/h1-8H,9H2,(H2,19,21). The minimum Gasteiger partial charge on any atom is -0.456 e. The zero-order chi connectivity index (χ0) is 17.1. The Bertz CT molecular complexity index is 881. The third-order valence-corrected chi connectivity index (χ3v) is 3.78. The second kappa shape index (κ2) is 6.90. The number of halogens is 2. The number of carbonyl (C=O) groups is 1. The topological polar surface area (TPSA) is 83.0 Å². The Morgan fingerprint density at radius 2 is 1.88 bits per heavy atom. The fourth-order valence-electron chi connectivity index (χ4n) is 1.99. The highest BCUT2D eigenvalue weighted by atomic mass is 35.5. The quantitative estimate of drug-likeness (QED) is 0.718. The Morgan fingerprint density at radius 1 is 1.12 bits per heavy atom. The van der Waals surface area contributed by atoms with Gasteiger partial charge in [-0.2, -0.15) is 0 Å². The van der Waals surface area contributed by atoms with Gasteiger partial charge < -0.3 is 10.5 Å². The van der Waals surface area contributed by atoms with Crippen LogP contribution in [0.5, 0.6) is 0 Å². The molecule has 0 atom stereocenters. The molecule has 0 unspecified atom stereocenters. The van der Waals surface area contributed by atoms with E-state index in [9.17, 15) is 4.79 Å². The molecule has 24 heavy (non-hydrogen) atoms. The van der Waals surface area contributed by atoms with E-state index in [1.807, 2.05) is 18.2 Å². The lowest BCUT2D eigenvalue weighted by Gasteiger charge is -2.05. The van der Waals surface area contributed by atoms with Crippen molar-refractivity contribution in [1.82, 2.24) is 15.0 Å². The lowest BCUT2D eigenvalue weighted by molar-refractivity contribution is 0.0466. The third kappa shape index (κ3) is 3.50. The molecule has 6 nitrogen and oxygen atoms in total. The first-order chi connectivity index (χ1) is 11.5. The molecule has 0 radical (unpaired) electrons. The first-order valence-electron chi connectivity index (χ1n) is 6.94. The molecule has 0 spiro atoms. The van der Waals surface area contributed by atoms with Crippen molar-refractivity contribution < 1.29 is 9.53 Å². The van der Waals surface area contributed by atoms with Crippen LogP contribution in [-0.4, -0.2) is 21.0 Å². The number of hydrogen-bond acceptors (Lipinski definition) is 5. The summed E-state index contributed by atoms with van der Waals surface area (Å²) in [5.74, 6) is -0.688. The molecule has 122 valence electrons. The number of nitrogens with two attached hydrogens (primary N) is 1. The zero-order valence-corrected chi connectivity index (χ0v) is 13.8. The smallest absolute Gasteiger partial charge is 0.363 e. The van der Waals surface area contributed by atoms with Gasteiger partial charge in [-0.25, -0.2) is 4.79 Å². The molecule has 1 aromatic heterocycles. The molecule has 0 aliphatic heterocycles. The number of aromatic nitrogens is 3. The fourth-order valence-corrected chi connectivity index (χ4v) is 2.45. The summed E-state index contributed by atoms with van der Waals surface area (Å²) in [4.78, 5) is 13.5. The van der Waals surface area contributed by atoms with Gasteiger partial charge in [0, 0.05) is 15.6 Å². The number of hydrogen-bond donors (Lipinski definition) is 1. The molecular weight excluding hydrogens is 351 g/mol. The van der Waals surface area contributed by atoms with Gasteiger partial charge in [0.15, 0.2) is 5.82 Å². The first kappa shape index (κ1) is 16.3. The molecule has 1 heterocycles. The molecule has 2 N–H and O–H groups in total. The molecule has 8 heteroatoms. The van der Waals surface area contributed by atoms with Gasteiger partial charge >= 0.3 is 5.97 Å². The number of nitrogens with zero attached hydrogens (tertiary/aromatic N) is 3. The van der Waals surface area contributed by atoms with Gasteiger partial charge in [-0.15, -0.1) is 15.0 Å². The van der Waals surface area contributed by atoms with Crippen LogP contribution in [0, 0.1) is 0 Å². The molecule has 2 aromatic carbocycles. The lowest BCUT2D eigenvalue weighted by Crippen LogP contribution is -2.09. The highest BCUT2D eigenvalue weighted by Gasteiger charge is 2.19. The molecular formula is C16H12Cl2N4O2. The summed E-state index contributed by atoms with van der Waals surface area (Å²) in [7, 11) is 0. The van der Waals surface area contributed by atoms with Gasteiger partial charge in [0.25, 0.3) is 0 Å². The molecule has 0 aliphatic rings. The zero-order valence-electron chi connectivity index (χ0n) is 12.3. The lowest BCUT2D eigenvalue weighted by atomic mass is 10.2. The van der Waals surface area contributed by atoms with Crippen LogP contribution in [0.25, 0.3) is 5.69 Å². The normalized spacial score (nSPS) is 10.6. The highest BCUT2D eigenvalue weighted by molar-refractivity contribution is 6.35. The van der Waals surface area contributed by atoms with E-state index in [4.69, 9.17) is 33.7 Å². The minimum absolute atomic E-state index is 0.00828. The number of anilines is 1. The third-order valence-electron chi connectivity index (χ3n) is 3.19. The van der Waals surface area contributed by atoms with Gasteiger partial charge in [-0.1, -0.05) is 47.5 Å². The van der Waals surface area contributed by atoms with Crippen LogP contribution in [0.4, 0.5) is 5.82 Å². The number of carbonyl (C=O) groups excluding carboxylic acids is 1. The van der Waals surface area contributed by atoms with Crippen LogP contribution in [0.2, 0.25) is 10.0 Å². The molecule has 0 saturated heterocycles. The molecule has 3 rings (SSSR count). The highest BCUT2D eigenvalue weighted by Crippen LogP contribution is 2.22. The summed E-state index contributed by atoms with van der Waals surface area (Å²) in [5.41, 5.74) is 7.02. The fraction of sp³-hybridized carbons (Fsp3) is 0.0625. The molecule has 0 fully saturated rings. The van der Waals surface area contributed by atoms with Crippen LogP contribution in [0.1, 0.15) is 16.1 Å². The van der Waals surface area contributed by atoms with Crippen molar-refractivity contribution in [2.45, 2.75) is 6.61 Å². The number of esters is 1. The van der Waals surface area contributed by atoms with E-state index in [-0.39, 0.29) is 18.1 Å². The van der Waals surface area contributed by atoms with Crippen molar-refractivity contribution in [2.24, 2.45) is 0 Å². The van der Waals surface area contributed by atoms with Gasteiger partial charge in [0.1, 0.15) is 6.61 Å². The van der Waals surface area contributed by atoms with E-state index in [1.165, 1.54) is 4.80 Å². The molecule has 0 saturated carbocycles. The molecule has 0 aliphatic carbocycles. The van der Waals surface area contributed by atoms with Crippen molar-refractivity contribution in [3.8, 4) is 5.69 Å². The van der Waals surface area contributed by atoms with E-state index < -0.39 is 5.97 Å². The van der Waals surface area contributed by atoms with Gasteiger partial charge in [0.2, 0.25) is 5.69 Å². The van der Waals surface area contributed by atoms with E-state index >= 15 is 0 Å². The van der Waals surface area contributed by atoms with E-state index in [0.717, 1.165) is 0 Å². The summed E-state index contributed by atoms with van der Waals surface area (Å²) in [6, 6.07) is 14.0. The Kier molecular flexibility index (Phi) is 4.69. The summed E-state index contributed by atoms with van der Waals surface area (Å²) < 4.78 is 5.20. The Balaban J connectivity index is 1.75. The van der Waals surface area contributed by atoms with E-state index in [1.54, 1.807) is 30.3 Å². The summed E-state index contributed by atoms with van der Waals surface area (Å²) in [6.45, 7) is -0.0214. The van der Waals surface area contributed by atoms with Crippen LogP contribution in [0.15, 0.2) is 48.5 Å². The average molecular weight is 363 g/mol. The summed E-state index contributed by atoms with van der Waals surface area (Å²) in [5, 5.41) is 9.02. The maximum atomic E-state index is 12.2. The predicted octanol–water partition coefficient (Wildman–Crippen LogP) is 3.51. The summed E-state index contributed by atoms with van der Waals surface area (Å²) in [6.07, 6.45) is 0. The number of benzene rings is 2. The van der Waals surface area contributed by atoms with Gasteiger partial charge in [-0.05, 0) is 24.3 Å². The van der Waals surface area contributed by atoms with Crippen LogP contribution in [-0.2, 0) is 11.3 Å². The van der Waals surface area contributed by atoms with E-state index in [2.05, 4.69) is 10.2 Å². The van der Waals surface area contributed by atoms with Crippen LogP contribution >= 0.6 is 23.2 Å². The summed E-state index contributed by atoms with van der Waals surface area (Å²) >= 11 is 11.9. The number of ether oxygens (including phenoxy) is 1. The predicted molar refractivity (Wildman–Crippen MR) is 91.4 cm³/mol. The number of rotatable bonds is 4. The minimum atomic E-state index is -0.680. The Labute approximate surface area is 147 Å². The molecule has 0 bridgehead atoms. The Hall–Kier alpha value is -2.57. The van der Waals surface area contributed by atoms with Crippen molar-refractivity contribution in [1.29, 1.82) is 0 Å². The number of nitrogen functional groups attached to an aromatic ring is 1. The largest absolute Gasteiger partial charge is 0.456 e. The Morgan fingerprint density at radius 3 is 2.58 bits per heavy atom. The van der Waals surface area contributed by atoms with Crippen molar-refractivity contribution in [3.63, 3.8) is 0 Å². The second-order valence-electron chi connectivity index (χ2n) is 4.87. The van der Waals surface area contributed by atoms with Crippen molar-refractivity contribution in [2.75, 3.05) is 5.73 Å². The van der Waals surface area contributed by atoms with Crippen molar-refractivity contribution in [3.05, 3.63) is 69.8 Å². The SMILES string of the molecule is Nc1nn(-c2ccccc2)nc1C(=O)OCc1ccc(Cl)cc1Cl. The van der Waals surface area contributed by atoms with Gasteiger partial charge in [0.05, 0.1) is 5.69 Å². The van der Waals surface area contributed by atoms with Crippen LogP contribution < -0.4 is 5.73 Å². The van der Waals surface area contributed by atoms with E-state index in [0.29, 0.717) is 21.3 Å². The average Bonchev–Trinajstić information content (AvgIpc) is 2.96. The number of para-hydroxylation sites is 1. The van der Waals surface area contributed by atoms with Crippen molar-refractivity contribution >= 4 is 35.0 Å². The van der Waals surface area contributed by atoms with Crippen LogP contribution in [0.3, 0.4) is 0 Å². The molecule has 3 aromatic rings. The second-order valence-corrected chi connectivity index (χ2v) is 5.71. The maximum Gasteiger partial charge on any atom is 0.363 e. The maximum absolute atomic E-state index is 12.2.